The van der Waals surface area contributed by atoms with Crippen molar-refractivity contribution >= 4 is 5.91 Å². The maximum Gasteiger partial charge on any atom is 0.226 e. The third-order valence-corrected chi connectivity index (χ3v) is 4.60. The molecule has 1 amide bonds. The number of hydrogen-bond acceptors (Lipinski definition) is 4. The van der Waals surface area contributed by atoms with Gasteiger partial charge in [-0.1, -0.05) is 6.92 Å². The number of carbonyl (C=O) groups excluding carboxylic acids is 1. The quantitative estimate of drug-likeness (QED) is 0.787. The van der Waals surface area contributed by atoms with Gasteiger partial charge in [-0.3, -0.25) is 4.79 Å². The molecule has 110 valence electrons. The van der Waals surface area contributed by atoms with Gasteiger partial charge >= 0.3 is 0 Å². The molecule has 19 heavy (non-hydrogen) atoms. The van der Waals surface area contributed by atoms with Gasteiger partial charge in [0.25, 0.3) is 0 Å². The van der Waals surface area contributed by atoms with Gasteiger partial charge in [-0.25, -0.2) is 0 Å². The van der Waals surface area contributed by atoms with Crippen LogP contribution in [-0.4, -0.2) is 42.9 Å². The van der Waals surface area contributed by atoms with E-state index in [4.69, 9.17) is 15.2 Å². The first-order valence-electron chi connectivity index (χ1n) is 7.28. The summed E-state index contributed by atoms with van der Waals surface area (Å²) in [4.78, 5) is 12.4. The Hall–Kier alpha value is -0.650. The summed E-state index contributed by atoms with van der Waals surface area (Å²) in [5.41, 5.74) is 5.96. The highest BCUT2D eigenvalue weighted by Gasteiger charge is 2.45. The van der Waals surface area contributed by atoms with Gasteiger partial charge in [-0.05, 0) is 33.1 Å². The lowest BCUT2D eigenvalue weighted by Crippen LogP contribution is -2.65. The van der Waals surface area contributed by atoms with Crippen LogP contribution in [0.25, 0.3) is 0 Å². The first-order valence-corrected chi connectivity index (χ1v) is 7.28. The summed E-state index contributed by atoms with van der Waals surface area (Å²) >= 11 is 0. The number of rotatable bonds is 4. The summed E-state index contributed by atoms with van der Waals surface area (Å²) in [5, 5.41) is 3.06. The van der Waals surface area contributed by atoms with Gasteiger partial charge in [0.15, 0.2) is 0 Å². The Kier molecular flexibility index (Phi) is 4.48. The zero-order valence-electron chi connectivity index (χ0n) is 12.3. The van der Waals surface area contributed by atoms with Crippen molar-refractivity contribution in [1.82, 2.24) is 5.32 Å². The van der Waals surface area contributed by atoms with Crippen LogP contribution < -0.4 is 11.1 Å². The molecule has 5 heteroatoms. The summed E-state index contributed by atoms with van der Waals surface area (Å²) in [7, 11) is 0. The van der Waals surface area contributed by atoms with Crippen molar-refractivity contribution in [2.75, 3.05) is 6.61 Å². The molecular weight excluding hydrogens is 244 g/mol. The second-order valence-electron chi connectivity index (χ2n) is 5.86. The summed E-state index contributed by atoms with van der Waals surface area (Å²) < 4.78 is 11.3. The van der Waals surface area contributed by atoms with Crippen LogP contribution in [0.5, 0.6) is 0 Å². The molecule has 1 saturated carbocycles. The van der Waals surface area contributed by atoms with Crippen molar-refractivity contribution in [3.8, 4) is 0 Å². The van der Waals surface area contributed by atoms with Crippen LogP contribution in [0.3, 0.4) is 0 Å². The van der Waals surface area contributed by atoms with Crippen molar-refractivity contribution in [2.24, 2.45) is 17.6 Å². The van der Waals surface area contributed by atoms with E-state index in [-0.39, 0.29) is 48.1 Å². The number of carbonyl (C=O) groups is 1. The first-order chi connectivity index (χ1) is 8.95. The van der Waals surface area contributed by atoms with Crippen LogP contribution >= 0.6 is 0 Å². The predicted molar refractivity (Wildman–Crippen MR) is 72.6 cm³/mol. The van der Waals surface area contributed by atoms with Gasteiger partial charge in [0, 0.05) is 12.6 Å². The highest BCUT2D eigenvalue weighted by Crippen LogP contribution is 2.33. The molecule has 0 radical (unpaired) electrons. The van der Waals surface area contributed by atoms with Gasteiger partial charge in [-0.2, -0.15) is 0 Å². The Morgan fingerprint density at radius 3 is 2.53 bits per heavy atom. The van der Waals surface area contributed by atoms with Gasteiger partial charge in [-0.15, -0.1) is 0 Å². The SMILES string of the molecule is CCOC1CC(N)C1NC(=O)C1C(C)OC(C)C1C. The zero-order valence-corrected chi connectivity index (χ0v) is 12.3. The highest BCUT2D eigenvalue weighted by atomic mass is 16.5. The Morgan fingerprint density at radius 2 is 2.05 bits per heavy atom. The molecule has 1 aliphatic heterocycles. The molecule has 1 aliphatic carbocycles. The molecule has 0 aromatic carbocycles. The van der Waals surface area contributed by atoms with Crippen LogP contribution in [0.4, 0.5) is 0 Å². The number of hydrogen-bond donors (Lipinski definition) is 2. The number of amides is 1. The maximum absolute atomic E-state index is 12.4. The van der Waals surface area contributed by atoms with Crippen molar-refractivity contribution in [1.29, 1.82) is 0 Å². The lowest BCUT2D eigenvalue weighted by Gasteiger charge is -2.43. The molecule has 7 atom stereocenters. The summed E-state index contributed by atoms with van der Waals surface area (Å²) in [6.07, 6.45) is 0.978. The predicted octanol–water partition coefficient (Wildman–Crippen LogP) is 0.667. The topological polar surface area (TPSA) is 73.6 Å². The fourth-order valence-electron chi connectivity index (χ4n) is 3.21. The van der Waals surface area contributed by atoms with E-state index in [2.05, 4.69) is 12.2 Å². The molecule has 0 aromatic rings. The Balaban J connectivity index is 1.93. The second kappa shape index (κ2) is 5.77. The van der Waals surface area contributed by atoms with E-state index in [9.17, 15) is 4.79 Å². The van der Waals surface area contributed by atoms with Gasteiger partial charge in [0.05, 0.1) is 30.3 Å². The second-order valence-corrected chi connectivity index (χ2v) is 5.86. The van der Waals surface area contributed by atoms with Crippen molar-refractivity contribution < 1.29 is 14.3 Å². The van der Waals surface area contributed by atoms with E-state index in [1.54, 1.807) is 0 Å². The largest absolute Gasteiger partial charge is 0.376 e. The van der Waals surface area contributed by atoms with E-state index >= 15 is 0 Å². The smallest absolute Gasteiger partial charge is 0.226 e. The zero-order chi connectivity index (χ0) is 14.2. The van der Waals surface area contributed by atoms with Crippen molar-refractivity contribution in [3.63, 3.8) is 0 Å². The maximum atomic E-state index is 12.4. The average Bonchev–Trinajstić information content (AvgIpc) is 2.60. The Labute approximate surface area is 115 Å². The first kappa shape index (κ1) is 14.8. The van der Waals surface area contributed by atoms with E-state index in [1.165, 1.54) is 0 Å². The van der Waals surface area contributed by atoms with Gasteiger partial charge in [0.2, 0.25) is 5.91 Å². The Morgan fingerprint density at radius 1 is 1.37 bits per heavy atom. The van der Waals surface area contributed by atoms with Crippen LogP contribution in [0.2, 0.25) is 0 Å². The molecule has 2 rings (SSSR count). The van der Waals surface area contributed by atoms with Crippen LogP contribution in [0.1, 0.15) is 34.1 Å². The molecule has 3 N–H and O–H groups in total. The average molecular weight is 270 g/mol. The monoisotopic (exact) mass is 270 g/mol. The molecule has 7 unspecified atom stereocenters. The molecule has 5 nitrogen and oxygen atoms in total. The fraction of sp³-hybridized carbons (Fsp3) is 0.929. The lowest BCUT2D eigenvalue weighted by molar-refractivity contribution is -0.131. The van der Waals surface area contributed by atoms with Crippen LogP contribution in [0, 0.1) is 11.8 Å². The minimum atomic E-state index is -0.0925. The highest BCUT2D eigenvalue weighted by molar-refractivity contribution is 5.80. The van der Waals surface area contributed by atoms with E-state index in [0.29, 0.717) is 6.61 Å². The minimum Gasteiger partial charge on any atom is -0.376 e. The third kappa shape index (κ3) is 2.78. The molecule has 1 saturated heterocycles. The molecule has 2 fully saturated rings. The van der Waals surface area contributed by atoms with Crippen molar-refractivity contribution in [3.05, 3.63) is 0 Å². The fourth-order valence-corrected chi connectivity index (χ4v) is 3.21. The Bertz CT molecular complexity index is 335. The summed E-state index contributed by atoms with van der Waals surface area (Å²) in [5.74, 6) is 0.191. The lowest BCUT2D eigenvalue weighted by atomic mass is 9.82. The normalized spacial score (nSPS) is 45.8. The standard InChI is InChI=1S/C14H26N2O3/c1-5-18-11-6-10(15)13(11)16-14(17)12-7(2)8(3)19-9(12)4/h7-13H,5-6,15H2,1-4H3,(H,16,17). The molecule has 0 spiro atoms. The van der Waals surface area contributed by atoms with E-state index in [0.717, 1.165) is 6.42 Å². The summed E-state index contributed by atoms with van der Waals surface area (Å²) in [6.45, 7) is 8.66. The number of nitrogens with one attached hydrogen (secondary N) is 1. The van der Waals surface area contributed by atoms with E-state index < -0.39 is 0 Å². The number of ether oxygens (including phenoxy) is 2. The van der Waals surface area contributed by atoms with Crippen molar-refractivity contribution in [2.45, 2.75) is 64.5 Å². The number of nitrogens with two attached hydrogens (primary N) is 1. The van der Waals surface area contributed by atoms with Gasteiger partial charge in [0.1, 0.15) is 0 Å². The minimum absolute atomic E-state index is 0.00542. The molecule has 0 aromatic heterocycles. The molecule has 1 heterocycles. The van der Waals surface area contributed by atoms with Gasteiger partial charge < -0.3 is 20.5 Å². The third-order valence-electron chi connectivity index (χ3n) is 4.60. The molecule has 2 aliphatic rings. The van der Waals surface area contributed by atoms with Crippen LogP contribution in [-0.2, 0) is 14.3 Å². The molecular formula is C14H26N2O3. The summed E-state index contributed by atoms with van der Waals surface area (Å²) in [6, 6.07) is -0.0476. The van der Waals surface area contributed by atoms with E-state index in [1.807, 2.05) is 20.8 Å². The van der Waals surface area contributed by atoms with Crippen LogP contribution in [0.15, 0.2) is 0 Å². The molecule has 0 bridgehead atoms.